The van der Waals surface area contributed by atoms with Gasteiger partial charge in [0.1, 0.15) is 11.5 Å². The van der Waals surface area contributed by atoms with Crippen molar-refractivity contribution in [1.82, 2.24) is 5.32 Å². The third kappa shape index (κ3) is 4.16. The van der Waals surface area contributed by atoms with Gasteiger partial charge in [-0.15, -0.1) is 0 Å². The second kappa shape index (κ2) is 7.38. The Balaban J connectivity index is 1.73. The topological polar surface area (TPSA) is 51.5 Å². The van der Waals surface area contributed by atoms with Crippen LogP contribution in [0.5, 0.6) is 5.75 Å². The lowest BCUT2D eigenvalue weighted by Gasteiger charge is -2.06. The smallest absolute Gasteiger partial charge is 0.251 e. The largest absolute Gasteiger partial charge is 0.494 e. The van der Waals surface area contributed by atoms with E-state index in [2.05, 4.69) is 5.32 Å². The quantitative estimate of drug-likeness (QED) is 0.789. The molecule has 1 N–H and O–H groups in total. The van der Waals surface area contributed by atoms with E-state index in [1.54, 1.807) is 30.5 Å². The van der Waals surface area contributed by atoms with Crippen LogP contribution in [0.4, 0.5) is 0 Å². The summed E-state index contributed by atoms with van der Waals surface area (Å²) >= 11 is 0. The first-order chi connectivity index (χ1) is 9.79. The SMILES string of the molecule is CCOc1ccc(C(=O)NCCCc2ccco2)cc1. The van der Waals surface area contributed by atoms with Crippen molar-refractivity contribution in [3.05, 3.63) is 54.0 Å². The third-order valence-corrected chi connectivity index (χ3v) is 2.89. The number of ether oxygens (including phenoxy) is 1. The fourth-order valence-corrected chi connectivity index (χ4v) is 1.89. The fourth-order valence-electron chi connectivity index (χ4n) is 1.89. The highest BCUT2D eigenvalue weighted by molar-refractivity contribution is 5.94. The molecule has 2 aromatic rings. The number of aryl methyl sites for hydroxylation is 1. The molecule has 106 valence electrons. The Hall–Kier alpha value is -2.23. The van der Waals surface area contributed by atoms with Crippen LogP contribution < -0.4 is 10.1 Å². The number of furan rings is 1. The first-order valence-electron chi connectivity index (χ1n) is 6.83. The monoisotopic (exact) mass is 273 g/mol. The molecule has 4 heteroatoms. The second-order valence-corrected chi connectivity index (χ2v) is 4.40. The van der Waals surface area contributed by atoms with Crippen molar-refractivity contribution in [2.45, 2.75) is 19.8 Å². The Labute approximate surface area is 118 Å². The van der Waals surface area contributed by atoms with E-state index >= 15 is 0 Å². The Kier molecular flexibility index (Phi) is 5.24. The molecule has 0 unspecified atom stereocenters. The van der Waals surface area contributed by atoms with E-state index in [1.165, 1.54) is 0 Å². The summed E-state index contributed by atoms with van der Waals surface area (Å²) in [6, 6.07) is 11.0. The number of carbonyl (C=O) groups is 1. The lowest BCUT2D eigenvalue weighted by atomic mass is 10.2. The third-order valence-electron chi connectivity index (χ3n) is 2.89. The van der Waals surface area contributed by atoms with Gasteiger partial charge in [-0.3, -0.25) is 4.79 Å². The molecule has 1 heterocycles. The van der Waals surface area contributed by atoms with Crippen LogP contribution in [-0.2, 0) is 6.42 Å². The van der Waals surface area contributed by atoms with Crippen molar-refractivity contribution in [3.8, 4) is 5.75 Å². The van der Waals surface area contributed by atoms with Crippen LogP contribution in [0.15, 0.2) is 47.1 Å². The molecule has 1 aromatic carbocycles. The highest BCUT2D eigenvalue weighted by atomic mass is 16.5. The number of hydrogen-bond acceptors (Lipinski definition) is 3. The van der Waals surface area contributed by atoms with Gasteiger partial charge < -0.3 is 14.5 Å². The molecule has 0 fully saturated rings. The van der Waals surface area contributed by atoms with Gasteiger partial charge in [-0.05, 0) is 49.7 Å². The number of carbonyl (C=O) groups excluding carboxylic acids is 1. The molecule has 0 saturated heterocycles. The summed E-state index contributed by atoms with van der Waals surface area (Å²) < 4.78 is 10.6. The number of amides is 1. The maximum absolute atomic E-state index is 11.9. The van der Waals surface area contributed by atoms with Crippen LogP contribution in [0, 0.1) is 0 Å². The molecule has 1 aromatic heterocycles. The maximum Gasteiger partial charge on any atom is 0.251 e. The van der Waals surface area contributed by atoms with E-state index in [-0.39, 0.29) is 5.91 Å². The molecule has 0 aliphatic heterocycles. The molecule has 0 saturated carbocycles. The zero-order valence-corrected chi connectivity index (χ0v) is 11.6. The molecule has 0 spiro atoms. The minimum absolute atomic E-state index is 0.0625. The van der Waals surface area contributed by atoms with Crippen molar-refractivity contribution in [2.24, 2.45) is 0 Å². The first-order valence-corrected chi connectivity index (χ1v) is 6.83. The molecule has 0 aliphatic carbocycles. The van der Waals surface area contributed by atoms with Gasteiger partial charge in [0.25, 0.3) is 5.91 Å². The average molecular weight is 273 g/mol. The zero-order chi connectivity index (χ0) is 14.2. The molecule has 0 atom stereocenters. The predicted molar refractivity (Wildman–Crippen MR) is 77.0 cm³/mol. The lowest BCUT2D eigenvalue weighted by Crippen LogP contribution is -2.24. The normalized spacial score (nSPS) is 10.2. The molecule has 0 radical (unpaired) electrons. The van der Waals surface area contributed by atoms with E-state index < -0.39 is 0 Å². The Morgan fingerprint density at radius 2 is 2.05 bits per heavy atom. The van der Waals surface area contributed by atoms with Gasteiger partial charge in [0, 0.05) is 18.5 Å². The molecular formula is C16H19NO3. The molecule has 2 rings (SSSR count). The molecule has 0 bridgehead atoms. The Morgan fingerprint density at radius 3 is 2.70 bits per heavy atom. The van der Waals surface area contributed by atoms with E-state index in [1.807, 2.05) is 19.1 Å². The summed E-state index contributed by atoms with van der Waals surface area (Å²) in [5.74, 6) is 1.66. The number of nitrogens with one attached hydrogen (secondary N) is 1. The van der Waals surface area contributed by atoms with Crippen LogP contribution in [0.25, 0.3) is 0 Å². The van der Waals surface area contributed by atoms with Gasteiger partial charge in [0.05, 0.1) is 12.9 Å². The second-order valence-electron chi connectivity index (χ2n) is 4.40. The number of rotatable bonds is 7. The van der Waals surface area contributed by atoms with Crippen molar-refractivity contribution in [2.75, 3.05) is 13.2 Å². The molecular weight excluding hydrogens is 254 g/mol. The Bertz CT molecular complexity index is 517. The van der Waals surface area contributed by atoms with Gasteiger partial charge in [0.15, 0.2) is 0 Å². The lowest BCUT2D eigenvalue weighted by molar-refractivity contribution is 0.0953. The fraction of sp³-hybridized carbons (Fsp3) is 0.312. The van der Waals surface area contributed by atoms with Crippen LogP contribution in [0.1, 0.15) is 29.5 Å². The van der Waals surface area contributed by atoms with Gasteiger partial charge in [-0.2, -0.15) is 0 Å². The highest BCUT2D eigenvalue weighted by Gasteiger charge is 2.05. The molecule has 0 aliphatic rings. The van der Waals surface area contributed by atoms with Crippen LogP contribution in [-0.4, -0.2) is 19.1 Å². The van der Waals surface area contributed by atoms with Gasteiger partial charge >= 0.3 is 0 Å². The van der Waals surface area contributed by atoms with Crippen molar-refractivity contribution < 1.29 is 13.9 Å². The van der Waals surface area contributed by atoms with Crippen molar-refractivity contribution >= 4 is 5.91 Å². The van der Waals surface area contributed by atoms with Crippen LogP contribution >= 0.6 is 0 Å². The predicted octanol–water partition coefficient (Wildman–Crippen LogP) is 3.04. The van der Waals surface area contributed by atoms with Crippen molar-refractivity contribution in [3.63, 3.8) is 0 Å². The van der Waals surface area contributed by atoms with Crippen molar-refractivity contribution in [1.29, 1.82) is 0 Å². The average Bonchev–Trinajstić information content (AvgIpc) is 2.98. The van der Waals surface area contributed by atoms with Crippen LogP contribution in [0.3, 0.4) is 0 Å². The Morgan fingerprint density at radius 1 is 1.25 bits per heavy atom. The highest BCUT2D eigenvalue weighted by Crippen LogP contribution is 2.12. The van der Waals surface area contributed by atoms with Crippen LogP contribution in [0.2, 0.25) is 0 Å². The first kappa shape index (κ1) is 14.2. The minimum atomic E-state index is -0.0625. The van der Waals surface area contributed by atoms with Gasteiger partial charge in [0.2, 0.25) is 0 Å². The molecule has 20 heavy (non-hydrogen) atoms. The van der Waals surface area contributed by atoms with Gasteiger partial charge in [-0.25, -0.2) is 0 Å². The number of benzene rings is 1. The summed E-state index contributed by atoms with van der Waals surface area (Å²) in [5.41, 5.74) is 0.645. The summed E-state index contributed by atoms with van der Waals surface area (Å²) in [5, 5.41) is 2.89. The van der Waals surface area contributed by atoms with E-state index in [0.717, 1.165) is 24.4 Å². The zero-order valence-electron chi connectivity index (χ0n) is 11.6. The van der Waals surface area contributed by atoms with E-state index in [0.29, 0.717) is 18.7 Å². The summed E-state index contributed by atoms with van der Waals surface area (Å²) in [7, 11) is 0. The standard InChI is InChI=1S/C16H19NO3/c1-2-19-15-9-7-13(8-10-15)16(18)17-11-3-5-14-6-4-12-20-14/h4,6-10,12H,2-3,5,11H2,1H3,(H,17,18). The minimum Gasteiger partial charge on any atom is -0.494 e. The number of hydrogen-bond donors (Lipinski definition) is 1. The maximum atomic E-state index is 11.9. The van der Waals surface area contributed by atoms with E-state index in [9.17, 15) is 4.79 Å². The molecule has 4 nitrogen and oxygen atoms in total. The summed E-state index contributed by atoms with van der Waals surface area (Å²) in [4.78, 5) is 11.9. The summed E-state index contributed by atoms with van der Waals surface area (Å²) in [6.45, 7) is 3.19. The summed E-state index contributed by atoms with van der Waals surface area (Å²) in [6.07, 6.45) is 3.35. The van der Waals surface area contributed by atoms with E-state index in [4.69, 9.17) is 9.15 Å². The molecule has 1 amide bonds. The van der Waals surface area contributed by atoms with Gasteiger partial charge in [-0.1, -0.05) is 0 Å².